The monoisotopic (exact) mass is 369 g/mol. The topological polar surface area (TPSA) is 76.3 Å². The lowest BCUT2D eigenvalue weighted by Crippen LogP contribution is -2.47. The van der Waals surface area contributed by atoms with Crippen LogP contribution in [-0.4, -0.2) is 37.5 Å². The Labute approximate surface area is 132 Å². The number of halogens is 1. The quantitative estimate of drug-likeness (QED) is 0.833. The van der Waals surface area contributed by atoms with Crippen molar-refractivity contribution in [3.63, 3.8) is 0 Å². The molecule has 1 unspecified atom stereocenters. The van der Waals surface area contributed by atoms with Gasteiger partial charge in [-0.3, -0.25) is 4.98 Å². The minimum atomic E-state index is -2.95. The van der Waals surface area contributed by atoms with Crippen molar-refractivity contribution in [1.82, 2.24) is 4.98 Å². The maximum Gasteiger partial charge on any atom is 0.154 e. The van der Waals surface area contributed by atoms with Crippen LogP contribution in [0, 0.1) is 0 Å². The van der Waals surface area contributed by atoms with Crippen LogP contribution >= 0.6 is 15.9 Å². The van der Waals surface area contributed by atoms with Crippen LogP contribution in [0.2, 0.25) is 0 Å². The lowest BCUT2D eigenvalue weighted by molar-refractivity contribution is 0.569. The molecule has 0 spiro atoms. The zero-order valence-corrected chi connectivity index (χ0v) is 14.0. The largest absolute Gasteiger partial charge is 0.396 e. The van der Waals surface area contributed by atoms with Crippen molar-refractivity contribution < 1.29 is 8.42 Å². The van der Waals surface area contributed by atoms with E-state index >= 15 is 0 Å². The highest BCUT2D eigenvalue weighted by Crippen LogP contribution is 2.35. The summed E-state index contributed by atoms with van der Waals surface area (Å²) < 4.78 is 24.5. The van der Waals surface area contributed by atoms with Gasteiger partial charge in [0.1, 0.15) is 0 Å². The van der Waals surface area contributed by atoms with Crippen LogP contribution in [0.15, 0.2) is 28.9 Å². The third-order valence-corrected chi connectivity index (χ3v) is 6.08. The minimum Gasteiger partial charge on any atom is -0.396 e. The van der Waals surface area contributed by atoms with Gasteiger partial charge < -0.3 is 10.6 Å². The number of benzene rings is 1. The number of fused-ring (bicyclic) bond motifs is 1. The molecule has 1 saturated heterocycles. The number of hydrogen-bond donors (Lipinski definition) is 1. The molecule has 2 heterocycles. The Kier molecular flexibility index (Phi) is 3.57. The fraction of sp³-hybridized carbons (Fsp3) is 0.357. The molecule has 0 bridgehead atoms. The number of anilines is 2. The number of aromatic nitrogens is 1. The van der Waals surface area contributed by atoms with Gasteiger partial charge in [0.2, 0.25) is 0 Å². The Balaban J connectivity index is 2.16. The van der Waals surface area contributed by atoms with E-state index < -0.39 is 9.84 Å². The first-order chi connectivity index (χ1) is 9.87. The lowest BCUT2D eigenvalue weighted by Gasteiger charge is -2.36. The van der Waals surface area contributed by atoms with E-state index in [-0.39, 0.29) is 17.5 Å². The van der Waals surface area contributed by atoms with E-state index in [2.05, 4.69) is 25.8 Å². The van der Waals surface area contributed by atoms with Crippen molar-refractivity contribution in [2.75, 3.05) is 28.7 Å². The van der Waals surface area contributed by atoms with Crippen molar-refractivity contribution in [2.24, 2.45) is 0 Å². The summed E-state index contributed by atoms with van der Waals surface area (Å²) in [7, 11) is -2.95. The summed E-state index contributed by atoms with van der Waals surface area (Å²) in [5.41, 5.74) is 8.43. The molecule has 2 aromatic rings. The summed E-state index contributed by atoms with van der Waals surface area (Å²) in [5, 5.41) is 0.940. The zero-order valence-electron chi connectivity index (χ0n) is 11.6. The smallest absolute Gasteiger partial charge is 0.154 e. The first-order valence-electron chi connectivity index (χ1n) is 6.68. The van der Waals surface area contributed by atoms with E-state index in [0.29, 0.717) is 12.2 Å². The second kappa shape index (κ2) is 5.14. The van der Waals surface area contributed by atoms with E-state index in [9.17, 15) is 8.42 Å². The average Bonchev–Trinajstić information content (AvgIpc) is 2.39. The van der Waals surface area contributed by atoms with Crippen LogP contribution in [0.4, 0.5) is 11.4 Å². The number of hydrogen-bond acceptors (Lipinski definition) is 5. The number of nitrogen functional groups attached to an aromatic ring is 1. The highest BCUT2D eigenvalue weighted by molar-refractivity contribution is 9.10. The van der Waals surface area contributed by atoms with Gasteiger partial charge in [-0.1, -0.05) is 15.9 Å². The first-order valence-corrected chi connectivity index (χ1v) is 9.29. The van der Waals surface area contributed by atoms with Gasteiger partial charge in [0, 0.05) is 22.4 Å². The number of sulfone groups is 1. The van der Waals surface area contributed by atoms with E-state index in [1.54, 1.807) is 6.20 Å². The maximum absolute atomic E-state index is 11.8. The number of nitrogens with zero attached hydrogens (tertiary/aromatic N) is 2. The predicted octanol–water partition coefficient (Wildman–Crippen LogP) is 2.20. The third kappa shape index (κ3) is 2.72. The molecular weight excluding hydrogens is 354 g/mol. The van der Waals surface area contributed by atoms with Gasteiger partial charge in [-0.25, -0.2) is 8.42 Å². The molecule has 21 heavy (non-hydrogen) atoms. The van der Waals surface area contributed by atoms with Crippen molar-refractivity contribution in [3.05, 3.63) is 28.9 Å². The summed E-state index contributed by atoms with van der Waals surface area (Å²) in [5.74, 6) is 0.318. The highest BCUT2D eigenvalue weighted by atomic mass is 79.9. The van der Waals surface area contributed by atoms with E-state index in [1.165, 1.54) is 0 Å². The zero-order chi connectivity index (χ0) is 15.2. The van der Waals surface area contributed by atoms with Crippen LogP contribution in [0.3, 0.4) is 0 Å². The Morgan fingerprint density at radius 2 is 2.19 bits per heavy atom. The predicted molar refractivity (Wildman–Crippen MR) is 89.3 cm³/mol. The second-order valence-corrected chi connectivity index (χ2v) is 8.52. The molecule has 5 nitrogen and oxygen atoms in total. The molecule has 0 amide bonds. The molecule has 1 atom stereocenters. The van der Waals surface area contributed by atoms with Gasteiger partial charge in [-0.05, 0) is 25.1 Å². The molecule has 0 radical (unpaired) electrons. The molecule has 0 aliphatic carbocycles. The molecule has 1 aromatic carbocycles. The van der Waals surface area contributed by atoms with Crippen molar-refractivity contribution in [3.8, 4) is 0 Å². The minimum absolute atomic E-state index is 0.101. The fourth-order valence-corrected chi connectivity index (χ4v) is 4.74. The summed E-state index contributed by atoms with van der Waals surface area (Å²) >= 11 is 3.47. The summed E-state index contributed by atoms with van der Waals surface area (Å²) in [6.07, 6.45) is 1.64. The Morgan fingerprint density at radius 3 is 2.90 bits per heavy atom. The standard InChI is InChI=1S/C14H16BrN3O2S/c1-9-8-21(19,20)5-4-18(9)14-11-6-10(15)2-3-13(11)17-7-12(14)16/h2-3,6-7,9H,4-5,8,16H2,1H3. The van der Waals surface area contributed by atoms with Crippen molar-refractivity contribution >= 4 is 48.0 Å². The number of rotatable bonds is 1. The van der Waals surface area contributed by atoms with Crippen LogP contribution in [0.25, 0.3) is 10.9 Å². The van der Waals surface area contributed by atoms with E-state index in [1.807, 2.05) is 25.1 Å². The van der Waals surface area contributed by atoms with Crippen molar-refractivity contribution in [2.45, 2.75) is 13.0 Å². The molecular formula is C14H16BrN3O2S. The van der Waals surface area contributed by atoms with E-state index in [4.69, 9.17) is 5.73 Å². The summed E-state index contributed by atoms with van der Waals surface area (Å²) in [6, 6.07) is 5.73. The van der Waals surface area contributed by atoms with Crippen LogP contribution in [-0.2, 0) is 9.84 Å². The normalized spacial score (nSPS) is 21.6. The maximum atomic E-state index is 11.8. The van der Waals surface area contributed by atoms with E-state index in [0.717, 1.165) is 21.1 Å². The molecule has 2 N–H and O–H groups in total. The average molecular weight is 370 g/mol. The van der Waals surface area contributed by atoms with Crippen LogP contribution in [0.1, 0.15) is 6.92 Å². The number of pyridine rings is 1. The van der Waals surface area contributed by atoms with Gasteiger partial charge in [0.05, 0.1) is 34.6 Å². The van der Waals surface area contributed by atoms with Crippen LogP contribution < -0.4 is 10.6 Å². The van der Waals surface area contributed by atoms with Crippen molar-refractivity contribution in [1.29, 1.82) is 0 Å². The Morgan fingerprint density at radius 1 is 1.43 bits per heavy atom. The molecule has 7 heteroatoms. The van der Waals surface area contributed by atoms with Gasteiger partial charge in [-0.15, -0.1) is 0 Å². The van der Waals surface area contributed by atoms with Gasteiger partial charge in [0.25, 0.3) is 0 Å². The second-order valence-electron chi connectivity index (χ2n) is 5.38. The molecule has 1 aliphatic rings. The Hall–Kier alpha value is -1.34. The molecule has 1 fully saturated rings. The third-order valence-electron chi connectivity index (χ3n) is 3.79. The van der Waals surface area contributed by atoms with Gasteiger partial charge in [-0.2, -0.15) is 0 Å². The SMILES string of the molecule is CC1CS(=O)(=O)CCN1c1c(N)cnc2ccc(Br)cc12. The molecule has 1 aromatic heterocycles. The Bertz CT molecular complexity index is 802. The lowest BCUT2D eigenvalue weighted by atomic mass is 10.1. The van der Waals surface area contributed by atoms with Gasteiger partial charge in [0.15, 0.2) is 9.84 Å². The summed E-state index contributed by atoms with van der Waals surface area (Å²) in [4.78, 5) is 6.42. The molecule has 112 valence electrons. The van der Waals surface area contributed by atoms with Gasteiger partial charge >= 0.3 is 0 Å². The molecule has 1 aliphatic heterocycles. The molecule has 3 rings (SSSR count). The first kappa shape index (κ1) is 14.6. The molecule has 0 saturated carbocycles. The summed E-state index contributed by atoms with van der Waals surface area (Å²) in [6.45, 7) is 2.37. The number of nitrogens with two attached hydrogens (primary N) is 1. The van der Waals surface area contributed by atoms with Crippen LogP contribution in [0.5, 0.6) is 0 Å². The fourth-order valence-electron chi connectivity index (χ4n) is 2.82. The highest BCUT2D eigenvalue weighted by Gasteiger charge is 2.30.